The number of urea groups is 1. The zero-order valence-corrected chi connectivity index (χ0v) is 10.4. The summed E-state index contributed by atoms with van der Waals surface area (Å²) in [5, 5.41) is 16.9. The Morgan fingerprint density at radius 3 is 2.72 bits per heavy atom. The zero-order valence-electron chi connectivity index (χ0n) is 9.54. The summed E-state index contributed by atoms with van der Waals surface area (Å²) in [4.78, 5) is 33.1. The predicted octanol–water partition coefficient (Wildman–Crippen LogP) is 0.687. The zero-order chi connectivity index (χ0) is 13.5. The van der Waals surface area contributed by atoms with Crippen LogP contribution in [0.4, 0.5) is 9.80 Å². The van der Waals surface area contributed by atoms with Gasteiger partial charge in [0.15, 0.2) is 0 Å². The molecule has 1 atom stereocenters. The minimum absolute atomic E-state index is 0.0271. The number of amides is 3. The van der Waals surface area contributed by atoms with Crippen LogP contribution in [0.1, 0.15) is 19.8 Å². The fourth-order valence-corrected chi connectivity index (χ4v) is 1.64. The number of carbonyl (C=O) groups excluding carboxylic acids is 2. The highest BCUT2D eigenvalue weighted by molar-refractivity contribution is 7.10. The third-order valence-electron chi connectivity index (χ3n) is 1.91. The number of hydrogen-bond acceptors (Lipinski definition) is 6. The first-order valence-corrected chi connectivity index (χ1v) is 5.84. The molecule has 0 aliphatic heterocycles. The van der Waals surface area contributed by atoms with E-state index < -0.39 is 17.9 Å². The molecule has 0 radical (unpaired) electrons. The van der Waals surface area contributed by atoms with Crippen molar-refractivity contribution in [2.75, 3.05) is 5.32 Å². The molecular weight excluding hydrogens is 260 g/mol. The van der Waals surface area contributed by atoms with Crippen molar-refractivity contribution >= 4 is 34.4 Å². The summed E-state index contributed by atoms with van der Waals surface area (Å²) in [6.07, 6.45) is 1.20. The standard InChI is InChI=1S/C9H12N4O4S/c1-5(3-8(15)16)2-6(14)11-9(17)12-7-4-10-13-18-7/h4-5H,2-3H2,1H3,(H,15,16)(H2,11,12,14,17). The van der Waals surface area contributed by atoms with Crippen LogP contribution in [0.25, 0.3) is 0 Å². The molecule has 3 N–H and O–H groups in total. The molecule has 0 aromatic carbocycles. The minimum Gasteiger partial charge on any atom is -0.481 e. The van der Waals surface area contributed by atoms with Gasteiger partial charge in [0.05, 0.1) is 6.20 Å². The van der Waals surface area contributed by atoms with Gasteiger partial charge in [0.1, 0.15) is 5.00 Å². The first-order valence-electron chi connectivity index (χ1n) is 5.07. The predicted molar refractivity (Wildman–Crippen MR) is 63.1 cm³/mol. The van der Waals surface area contributed by atoms with E-state index in [9.17, 15) is 14.4 Å². The summed E-state index contributed by atoms with van der Waals surface area (Å²) < 4.78 is 3.53. The maximum absolute atomic E-state index is 11.4. The summed E-state index contributed by atoms with van der Waals surface area (Å²) in [6, 6.07) is -0.687. The molecule has 0 fully saturated rings. The van der Waals surface area contributed by atoms with Crippen LogP contribution in [0.5, 0.6) is 0 Å². The second-order valence-corrected chi connectivity index (χ2v) is 4.48. The average Bonchev–Trinajstić information content (AvgIpc) is 2.67. The van der Waals surface area contributed by atoms with E-state index in [1.165, 1.54) is 6.20 Å². The van der Waals surface area contributed by atoms with Gasteiger partial charge in [-0.05, 0) is 5.92 Å². The van der Waals surface area contributed by atoms with E-state index in [1.54, 1.807) is 6.92 Å². The Kier molecular flexibility index (Phi) is 5.18. The van der Waals surface area contributed by atoms with Crippen LogP contribution in [-0.2, 0) is 9.59 Å². The number of aliphatic carboxylic acids is 1. The van der Waals surface area contributed by atoms with Gasteiger partial charge in [-0.1, -0.05) is 11.4 Å². The lowest BCUT2D eigenvalue weighted by Gasteiger charge is -2.08. The van der Waals surface area contributed by atoms with Crippen LogP contribution < -0.4 is 10.6 Å². The van der Waals surface area contributed by atoms with E-state index in [1.807, 2.05) is 0 Å². The number of rotatable bonds is 5. The van der Waals surface area contributed by atoms with E-state index in [4.69, 9.17) is 5.11 Å². The molecule has 0 saturated carbocycles. The topological polar surface area (TPSA) is 121 Å². The molecule has 9 heteroatoms. The molecule has 1 rings (SSSR count). The van der Waals surface area contributed by atoms with Crippen LogP contribution in [0.2, 0.25) is 0 Å². The summed E-state index contributed by atoms with van der Waals surface area (Å²) in [7, 11) is 0. The molecule has 1 heterocycles. The number of carboxylic acid groups (broad SMARTS) is 1. The van der Waals surface area contributed by atoms with Crippen LogP contribution in [-0.4, -0.2) is 32.6 Å². The van der Waals surface area contributed by atoms with Crippen molar-refractivity contribution in [3.63, 3.8) is 0 Å². The number of carboxylic acids is 1. The highest BCUT2D eigenvalue weighted by Crippen LogP contribution is 2.09. The van der Waals surface area contributed by atoms with Crippen LogP contribution in [0.3, 0.4) is 0 Å². The largest absolute Gasteiger partial charge is 0.481 e. The fourth-order valence-electron chi connectivity index (χ4n) is 1.23. The van der Waals surface area contributed by atoms with Gasteiger partial charge < -0.3 is 5.11 Å². The Balaban J connectivity index is 2.31. The summed E-state index contributed by atoms with van der Waals surface area (Å²) in [6.45, 7) is 1.62. The lowest BCUT2D eigenvalue weighted by atomic mass is 10.0. The van der Waals surface area contributed by atoms with Gasteiger partial charge in [-0.15, -0.1) is 5.10 Å². The number of carbonyl (C=O) groups is 3. The van der Waals surface area contributed by atoms with Gasteiger partial charge in [0.25, 0.3) is 0 Å². The smallest absolute Gasteiger partial charge is 0.326 e. The van der Waals surface area contributed by atoms with E-state index in [-0.39, 0.29) is 18.8 Å². The molecule has 0 spiro atoms. The van der Waals surface area contributed by atoms with E-state index in [2.05, 4.69) is 20.2 Å². The van der Waals surface area contributed by atoms with Crippen LogP contribution in [0.15, 0.2) is 6.20 Å². The Morgan fingerprint density at radius 1 is 1.44 bits per heavy atom. The molecule has 98 valence electrons. The maximum atomic E-state index is 11.4. The van der Waals surface area contributed by atoms with E-state index in [0.29, 0.717) is 5.00 Å². The van der Waals surface area contributed by atoms with E-state index in [0.717, 1.165) is 11.5 Å². The van der Waals surface area contributed by atoms with Crippen molar-refractivity contribution in [1.82, 2.24) is 14.9 Å². The van der Waals surface area contributed by atoms with Gasteiger partial charge in [-0.25, -0.2) is 4.79 Å². The van der Waals surface area contributed by atoms with Crippen molar-refractivity contribution in [3.05, 3.63) is 6.20 Å². The molecule has 0 aliphatic rings. The molecule has 8 nitrogen and oxygen atoms in total. The molecule has 1 aromatic heterocycles. The van der Waals surface area contributed by atoms with Gasteiger partial charge in [-0.2, -0.15) is 0 Å². The van der Waals surface area contributed by atoms with Crippen molar-refractivity contribution < 1.29 is 19.5 Å². The number of imide groups is 1. The SMILES string of the molecule is CC(CC(=O)O)CC(=O)NC(=O)Nc1cnns1. The number of anilines is 1. The van der Waals surface area contributed by atoms with Crippen LogP contribution >= 0.6 is 11.5 Å². The summed E-state index contributed by atoms with van der Waals surface area (Å²) in [5.74, 6) is -1.84. The second kappa shape index (κ2) is 6.64. The molecule has 0 aliphatic carbocycles. The number of aromatic nitrogens is 2. The summed E-state index contributed by atoms with van der Waals surface area (Å²) in [5.41, 5.74) is 0. The number of nitrogens with one attached hydrogen (secondary N) is 2. The first kappa shape index (κ1) is 14.0. The Morgan fingerprint density at radius 2 is 2.17 bits per heavy atom. The maximum Gasteiger partial charge on any atom is 0.326 e. The quantitative estimate of drug-likeness (QED) is 0.725. The second-order valence-electron chi connectivity index (χ2n) is 3.69. The molecular formula is C9H12N4O4S. The Labute approximate surface area is 107 Å². The molecule has 1 aromatic rings. The number of nitrogens with zero attached hydrogens (tertiary/aromatic N) is 2. The van der Waals surface area contributed by atoms with Crippen LogP contribution in [0, 0.1) is 5.92 Å². The average molecular weight is 272 g/mol. The number of hydrogen-bond donors (Lipinski definition) is 3. The monoisotopic (exact) mass is 272 g/mol. The third kappa shape index (κ3) is 5.34. The lowest BCUT2D eigenvalue weighted by Crippen LogP contribution is -2.35. The normalized spacial score (nSPS) is 11.6. The summed E-state index contributed by atoms with van der Waals surface area (Å²) >= 11 is 0.979. The minimum atomic E-state index is -0.976. The Bertz CT molecular complexity index is 434. The lowest BCUT2D eigenvalue weighted by molar-refractivity contribution is -0.138. The highest BCUT2D eigenvalue weighted by atomic mass is 32.1. The van der Waals surface area contributed by atoms with Gasteiger partial charge in [0.2, 0.25) is 5.91 Å². The third-order valence-corrected chi connectivity index (χ3v) is 2.49. The highest BCUT2D eigenvalue weighted by Gasteiger charge is 2.15. The van der Waals surface area contributed by atoms with Crippen molar-refractivity contribution in [2.24, 2.45) is 5.92 Å². The van der Waals surface area contributed by atoms with Gasteiger partial charge in [0, 0.05) is 24.4 Å². The van der Waals surface area contributed by atoms with Crippen molar-refractivity contribution in [2.45, 2.75) is 19.8 Å². The molecule has 0 saturated heterocycles. The van der Waals surface area contributed by atoms with E-state index >= 15 is 0 Å². The van der Waals surface area contributed by atoms with Crippen molar-refractivity contribution in [3.8, 4) is 0 Å². The first-order chi connectivity index (χ1) is 8.47. The molecule has 1 unspecified atom stereocenters. The van der Waals surface area contributed by atoms with Crippen molar-refractivity contribution in [1.29, 1.82) is 0 Å². The van der Waals surface area contributed by atoms with Gasteiger partial charge in [-0.3, -0.25) is 20.2 Å². The molecule has 18 heavy (non-hydrogen) atoms. The van der Waals surface area contributed by atoms with Gasteiger partial charge >= 0.3 is 12.0 Å². The molecule has 0 bridgehead atoms. The fraction of sp³-hybridized carbons (Fsp3) is 0.444. The molecule has 3 amide bonds. The Hall–Kier alpha value is -2.03.